The van der Waals surface area contributed by atoms with Crippen molar-refractivity contribution in [3.8, 4) is 0 Å². The van der Waals surface area contributed by atoms with Crippen molar-refractivity contribution in [3.05, 3.63) is 29.8 Å². The summed E-state index contributed by atoms with van der Waals surface area (Å²) in [6.07, 6.45) is 0.636. The summed E-state index contributed by atoms with van der Waals surface area (Å²) in [5, 5.41) is 0.0480. The highest BCUT2D eigenvalue weighted by atomic mass is 32.2. The molecule has 1 rings (SSSR count). The number of hydrogen-bond donors (Lipinski definition) is 0. The highest BCUT2D eigenvalue weighted by Gasteiger charge is 2.38. The molecule has 0 aliphatic carbocycles. The van der Waals surface area contributed by atoms with Gasteiger partial charge >= 0.3 is 0 Å². The summed E-state index contributed by atoms with van der Waals surface area (Å²) in [5.74, 6) is -0.805. The van der Waals surface area contributed by atoms with Crippen molar-refractivity contribution in [2.24, 2.45) is 11.8 Å². The van der Waals surface area contributed by atoms with Crippen LogP contribution in [0, 0.1) is 18.8 Å². The zero-order chi connectivity index (χ0) is 21.0. The minimum atomic E-state index is -3.63. The van der Waals surface area contributed by atoms with Gasteiger partial charge in [-0.3, -0.25) is 4.79 Å². The second-order valence-electron chi connectivity index (χ2n) is 9.44. The number of aryl methyl sites for hydroxylation is 1. The number of hydrogen-bond acceptors (Lipinski definition) is 4. The van der Waals surface area contributed by atoms with E-state index in [4.69, 9.17) is 4.43 Å². The predicted molar refractivity (Wildman–Crippen MR) is 114 cm³/mol. The topological polar surface area (TPSA) is 60.4 Å². The van der Waals surface area contributed by atoms with Crippen molar-refractivity contribution in [2.75, 3.05) is 12.4 Å². The Morgan fingerprint density at radius 3 is 2.07 bits per heavy atom. The maximum Gasteiger partial charge on any atom is 0.192 e. The Kier molecular flexibility index (Phi) is 8.03. The van der Waals surface area contributed by atoms with E-state index >= 15 is 0 Å². The molecule has 0 heterocycles. The molecule has 154 valence electrons. The van der Waals surface area contributed by atoms with Crippen molar-refractivity contribution in [3.63, 3.8) is 0 Å². The Bertz CT molecular complexity index is 728. The van der Waals surface area contributed by atoms with E-state index in [1.807, 2.05) is 20.8 Å². The van der Waals surface area contributed by atoms with E-state index in [0.29, 0.717) is 18.9 Å². The number of ketones is 1. The Labute approximate surface area is 166 Å². The van der Waals surface area contributed by atoms with E-state index < -0.39 is 23.9 Å². The van der Waals surface area contributed by atoms with Crippen LogP contribution in [0.5, 0.6) is 0 Å². The van der Waals surface area contributed by atoms with Gasteiger partial charge in [-0.1, -0.05) is 52.3 Å². The molecule has 1 aromatic carbocycles. The standard InChI is InChI=1S/C21H36O4SSi/c1-16(2)13-18(14-25-27(7,8)21(4,5)6)20(22)15-26(23,24)19-11-9-17(3)10-12-19/h9-12,16,18H,13-15H2,1-8H3/t18-/m0/s1. The van der Waals surface area contributed by atoms with Crippen LogP contribution in [0.25, 0.3) is 0 Å². The van der Waals surface area contributed by atoms with E-state index in [9.17, 15) is 13.2 Å². The van der Waals surface area contributed by atoms with Gasteiger partial charge in [-0.2, -0.15) is 0 Å². The zero-order valence-electron chi connectivity index (χ0n) is 18.1. The zero-order valence-corrected chi connectivity index (χ0v) is 19.9. The van der Waals surface area contributed by atoms with Crippen LogP contribution in [0.4, 0.5) is 0 Å². The Morgan fingerprint density at radius 2 is 1.63 bits per heavy atom. The molecule has 0 amide bonds. The van der Waals surface area contributed by atoms with E-state index in [1.54, 1.807) is 24.3 Å². The van der Waals surface area contributed by atoms with Crippen LogP contribution < -0.4 is 0 Å². The molecule has 4 nitrogen and oxygen atoms in total. The fourth-order valence-corrected chi connectivity index (χ4v) is 4.90. The van der Waals surface area contributed by atoms with Gasteiger partial charge < -0.3 is 4.43 Å². The van der Waals surface area contributed by atoms with Gasteiger partial charge in [0, 0.05) is 12.5 Å². The van der Waals surface area contributed by atoms with E-state index in [0.717, 1.165) is 5.56 Å². The van der Waals surface area contributed by atoms with Crippen LogP contribution in [-0.2, 0) is 19.1 Å². The summed E-state index contributed by atoms with van der Waals surface area (Å²) < 4.78 is 31.5. The molecule has 0 saturated heterocycles. The molecule has 0 aliphatic rings. The quantitative estimate of drug-likeness (QED) is 0.534. The van der Waals surface area contributed by atoms with Gasteiger partial charge in [-0.25, -0.2) is 8.42 Å². The monoisotopic (exact) mass is 412 g/mol. The lowest BCUT2D eigenvalue weighted by molar-refractivity contribution is -0.121. The molecule has 0 spiro atoms. The number of carbonyl (C=O) groups excluding carboxylic acids is 1. The van der Waals surface area contributed by atoms with Crippen molar-refractivity contribution in [2.45, 2.75) is 71.0 Å². The summed E-state index contributed by atoms with van der Waals surface area (Å²) in [5.41, 5.74) is 0.987. The van der Waals surface area contributed by atoms with Gasteiger partial charge in [-0.05, 0) is 49.5 Å². The average Bonchev–Trinajstić information content (AvgIpc) is 2.49. The van der Waals surface area contributed by atoms with Gasteiger partial charge in [-0.15, -0.1) is 0 Å². The number of Topliss-reactive ketones (excluding diaryl/α,β-unsaturated/α-hetero) is 1. The van der Waals surface area contributed by atoms with Gasteiger partial charge in [0.1, 0.15) is 5.75 Å². The minimum Gasteiger partial charge on any atom is -0.416 e. The largest absolute Gasteiger partial charge is 0.416 e. The van der Waals surface area contributed by atoms with Crippen LogP contribution in [0.2, 0.25) is 18.1 Å². The maximum absolute atomic E-state index is 12.9. The Balaban J connectivity index is 2.93. The Hall–Kier alpha value is -0.983. The minimum absolute atomic E-state index is 0.0480. The van der Waals surface area contributed by atoms with E-state index in [1.165, 1.54) is 0 Å². The molecule has 1 atom stereocenters. The highest BCUT2D eigenvalue weighted by molar-refractivity contribution is 7.92. The lowest BCUT2D eigenvalue weighted by Crippen LogP contribution is -2.43. The molecule has 0 fully saturated rings. The van der Waals surface area contributed by atoms with Crippen LogP contribution in [0.3, 0.4) is 0 Å². The van der Waals surface area contributed by atoms with Gasteiger partial charge in [0.25, 0.3) is 0 Å². The summed E-state index contributed by atoms with van der Waals surface area (Å²) in [6.45, 7) is 17.0. The smallest absolute Gasteiger partial charge is 0.192 e. The number of sulfone groups is 1. The molecule has 0 aromatic heterocycles. The molecule has 6 heteroatoms. The summed E-state index contributed by atoms with van der Waals surface area (Å²) in [6, 6.07) is 6.65. The van der Waals surface area contributed by atoms with E-state index in [-0.39, 0.29) is 21.6 Å². The summed E-state index contributed by atoms with van der Waals surface area (Å²) >= 11 is 0. The highest BCUT2D eigenvalue weighted by Crippen LogP contribution is 2.37. The second kappa shape index (κ2) is 9.01. The molecule has 0 radical (unpaired) electrons. The fourth-order valence-electron chi connectivity index (χ4n) is 2.52. The van der Waals surface area contributed by atoms with Gasteiger partial charge in [0.15, 0.2) is 23.9 Å². The molecular formula is C21H36O4SSi. The van der Waals surface area contributed by atoms with Crippen LogP contribution in [0.15, 0.2) is 29.2 Å². The van der Waals surface area contributed by atoms with Crippen LogP contribution in [0.1, 0.15) is 46.6 Å². The molecule has 0 saturated carbocycles. The van der Waals surface area contributed by atoms with Crippen molar-refractivity contribution >= 4 is 23.9 Å². The third-order valence-electron chi connectivity index (χ3n) is 5.38. The van der Waals surface area contributed by atoms with Crippen LogP contribution >= 0.6 is 0 Å². The average molecular weight is 413 g/mol. The first-order valence-electron chi connectivity index (χ1n) is 9.62. The van der Waals surface area contributed by atoms with Crippen LogP contribution in [-0.4, -0.2) is 34.9 Å². The van der Waals surface area contributed by atoms with Crippen molar-refractivity contribution in [1.29, 1.82) is 0 Å². The van der Waals surface area contributed by atoms with Crippen molar-refractivity contribution in [1.82, 2.24) is 0 Å². The summed E-state index contributed by atoms with van der Waals surface area (Å²) in [4.78, 5) is 13.1. The third-order valence-corrected chi connectivity index (χ3v) is 11.5. The molecule has 27 heavy (non-hydrogen) atoms. The third kappa shape index (κ3) is 7.16. The number of benzene rings is 1. The SMILES string of the molecule is Cc1ccc(S(=O)(=O)CC(=O)[C@H](CO[Si](C)(C)C(C)(C)C)CC(C)C)cc1. The molecule has 0 N–H and O–H groups in total. The first kappa shape index (κ1) is 24.1. The molecule has 0 unspecified atom stereocenters. The van der Waals surface area contributed by atoms with Gasteiger partial charge in [0.2, 0.25) is 0 Å². The lowest BCUT2D eigenvalue weighted by Gasteiger charge is -2.37. The molecular weight excluding hydrogens is 376 g/mol. The first-order valence-corrected chi connectivity index (χ1v) is 14.2. The number of carbonyl (C=O) groups is 1. The predicted octanol–water partition coefficient (Wildman–Crippen LogP) is 5.02. The van der Waals surface area contributed by atoms with E-state index in [2.05, 4.69) is 33.9 Å². The lowest BCUT2D eigenvalue weighted by atomic mass is 9.95. The van der Waals surface area contributed by atoms with Gasteiger partial charge in [0.05, 0.1) is 4.90 Å². The Morgan fingerprint density at radius 1 is 1.11 bits per heavy atom. The molecule has 0 aliphatic heterocycles. The maximum atomic E-state index is 12.9. The normalized spacial score (nSPS) is 14.4. The molecule has 0 bridgehead atoms. The van der Waals surface area contributed by atoms with Crippen molar-refractivity contribution < 1.29 is 17.6 Å². The summed E-state index contributed by atoms with van der Waals surface area (Å²) in [7, 11) is -5.63. The first-order chi connectivity index (χ1) is 12.2. The number of rotatable bonds is 9. The fraction of sp³-hybridized carbons (Fsp3) is 0.667. The second-order valence-corrected chi connectivity index (χ2v) is 16.2. The molecule has 1 aromatic rings.